The van der Waals surface area contributed by atoms with Crippen LogP contribution in [0, 0.1) is 0 Å². The smallest absolute Gasteiger partial charge is 0.306 e. The van der Waals surface area contributed by atoms with Crippen LogP contribution in [0.25, 0.3) is 0 Å². The molecule has 0 fully saturated rings. The van der Waals surface area contributed by atoms with Gasteiger partial charge in [0.15, 0.2) is 6.10 Å². The molecule has 0 saturated heterocycles. The summed E-state index contributed by atoms with van der Waals surface area (Å²) in [4.78, 5) is 36.8. The summed E-state index contributed by atoms with van der Waals surface area (Å²) in [5.41, 5.74) is 0. The van der Waals surface area contributed by atoms with Crippen molar-refractivity contribution in [2.24, 2.45) is 0 Å². The molecule has 0 saturated carbocycles. The van der Waals surface area contributed by atoms with Crippen molar-refractivity contribution in [1.29, 1.82) is 0 Å². The minimum absolute atomic E-state index is 0.0952. The molecule has 6 nitrogen and oxygen atoms in total. The highest BCUT2D eigenvalue weighted by atomic mass is 16.6. The Bertz CT molecular complexity index is 619. The molecule has 0 aromatic heterocycles. The maximum Gasteiger partial charge on any atom is 0.306 e. The molecule has 0 aliphatic rings. The highest BCUT2D eigenvalue weighted by molar-refractivity contribution is 5.71. The van der Waals surface area contributed by atoms with Crippen molar-refractivity contribution in [3.05, 3.63) is 38.0 Å². The van der Waals surface area contributed by atoms with Gasteiger partial charge >= 0.3 is 17.9 Å². The van der Waals surface area contributed by atoms with Crippen molar-refractivity contribution >= 4 is 17.9 Å². The Morgan fingerprint density at radius 1 is 0.462 bits per heavy atom. The minimum Gasteiger partial charge on any atom is -0.462 e. The zero-order chi connectivity index (χ0) is 28.8. The SMILES string of the molecule is C=CCCCCCCCC(=O)OCC(COC(=O)CCCCCCCC=C)OC(=O)CCCCCCCC=C. The first-order valence-corrected chi connectivity index (χ1v) is 15.4. The molecule has 0 aromatic rings. The van der Waals surface area contributed by atoms with E-state index < -0.39 is 6.10 Å². The molecule has 0 radical (unpaired) electrons. The van der Waals surface area contributed by atoms with Gasteiger partial charge in [-0.1, -0.05) is 76.0 Å². The summed E-state index contributed by atoms with van der Waals surface area (Å²) in [7, 11) is 0. The van der Waals surface area contributed by atoms with Gasteiger partial charge in [-0.3, -0.25) is 14.4 Å². The van der Waals surface area contributed by atoms with Crippen molar-refractivity contribution in [3.8, 4) is 0 Å². The van der Waals surface area contributed by atoms with E-state index >= 15 is 0 Å². The molecule has 0 unspecified atom stereocenters. The van der Waals surface area contributed by atoms with Crippen molar-refractivity contribution in [2.75, 3.05) is 13.2 Å². The van der Waals surface area contributed by atoms with Crippen LogP contribution in [0.1, 0.15) is 135 Å². The Balaban J connectivity index is 4.38. The van der Waals surface area contributed by atoms with Crippen molar-refractivity contribution < 1.29 is 28.6 Å². The van der Waals surface area contributed by atoms with Gasteiger partial charge in [-0.15, -0.1) is 19.7 Å². The van der Waals surface area contributed by atoms with Crippen LogP contribution in [0.4, 0.5) is 0 Å². The molecule has 6 heteroatoms. The number of hydrogen-bond acceptors (Lipinski definition) is 6. The predicted octanol–water partition coefficient (Wildman–Crippen LogP) is 8.73. The third-order valence-electron chi connectivity index (χ3n) is 6.53. The molecule has 0 heterocycles. The number of carbonyl (C=O) groups excluding carboxylic acids is 3. The van der Waals surface area contributed by atoms with E-state index in [1.165, 1.54) is 0 Å². The summed E-state index contributed by atoms with van der Waals surface area (Å²) in [6, 6.07) is 0. The lowest BCUT2D eigenvalue weighted by atomic mass is 10.1. The van der Waals surface area contributed by atoms with E-state index in [-0.39, 0.29) is 31.1 Å². The van der Waals surface area contributed by atoms with Gasteiger partial charge in [-0.25, -0.2) is 0 Å². The molecule has 39 heavy (non-hydrogen) atoms. The number of allylic oxidation sites excluding steroid dienone is 3. The second-order valence-electron chi connectivity index (χ2n) is 10.3. The van der Waals surface area contributed by atoms with E-state index in [9.17, 15) is 14.4 Å². The molecule has 224 valence electrons. The van der Waals surface area contributed by atoms with Crippen LogP contribution in [0.2, 0.25) is 0 Å². The van der Waals surface area contributed by atoms with Crippen LogP contribution in [0.3, 0.4) is 0 Å². The summed E-state index contributed by atoms with van der Waals surface area (Å²) in [5.74, 6) is -0.980. The summed E-state index contributed by atoms with van der Waals surface area (Å²) in [5, 5.41) is 0. The van der Waals surface area contributed by atoms with Crippen molar-refractivity contribution in [3.63, 3.8) is 0 Å². The van der Waals surface area contributed by atoms with E-state index in [1.807, 2.05) is 18.2 Å². The Morgan fingerprint density at radius 3 is 1.13 bits per heavy atom. The van der Waals surface area contributed by atoms with E-state index in [0.717, 1.165) is 116 Å². The first-order chi connectivity index (χ1) is 19.0. The summed E-state index contributed by atoms with van der Waals surface area (Å²) in [6.07, 6.45) is 24.3. The average Bonchev–Trinajstić information content (AvgIpc) is 2.93. The molecule has 0 spiro atoms. The molecule has 0 N–H and O–H groups in total. The van der Waals surface area contributed by atoms with Crippen LogP contribution >= 0.6 is 0 Å². The van der Waals surface area contributed by atoms with Crippen molar-refractivity contribution in [2.45, 2.75) is 141 Å². The average molecular weight is 549 g/mol. The topological polar surface area (TPSA) is 78.9 Å². The normalized spacial score (nSPS) is 10.7. The second kappa shape index (κ2) is 28.6. The van der Waals surface area contributed by atoms with E-state index in [0.29, 0.717) is 19.3 Å². The molecule has 0 bridgehead atoms. The molecule has 0 amide bonds. The fourth-order valence-corrected chi connectivity index (χ4v) is 4.14. The van der Waals surface area contributed by atoms with Crippen molar-refractivity contribution in [1.82, 2.24) is 0 Å². The second-order valence-corrected chi connectivity index (χ2v) is 10.3. The van der Waals surface area contributed by atoms with Gasteiger partial charge < -0.3 is 14.2 Å². The van der Waals surface area contributed by atoms with Gasteiger partial charge in [0.1, 0.15) is 13.2 Å². The van der Waals surface area contributed by atoms with Gasteiger partial charge in [0.2, 0.25) is 0 Å². The lowest BCUT2D eigenvalue weighted by molar-refractivity contribution is -0.167. The number of hydrogen-bond donors (Lipinski definition) is 0. The Morgan fingerprint density at radius 2 is 0.769 bits per heavy atom. The van der Waals surface area contributed by atoms with Crippen LogP contribution < -0.4 is 0 Å². The molecular formula is C33H56O6. The fourth-order valence-electron chi connectivity index (χ4n) is 4.14. The lowest BCUT2D eigenvalue weighted by Gasteiger charge is -2.18. The van der Waals surface area contributed by atoms with E-state index in [4.69, 9.17) is 14.2 Å². The van der Waals surface area contributed by atoms with Gasteiger partial charge in [-0.2, -0.15) is 0 Å². The van der Waals surface area contributed by atoms with Crippen LogP contribution in [-0.4, -0.2) is 37.2 Å². The summed E-state index contributed by atoms with van der Waals surface area (Å²) >= 11 is 0. The fraction of sp³-hybridized carbons (Fsp3) is 0.727. The number of unbranched alkanes of at least 4 members (excludes halogenated alkanes) is 15. The third kappa shape index (κ3) is 27.0. The van der Waals surface area contributed by atoms with Gasteiger partial charge in [0.05, 0.1) is 0 Å². The molecule has 0 aliphatic heterocycles. The van der Waals surface area contributed by atoms with E-state index in [1.54, 1.807) is 0 Å². The summed E-state index contributed by atoms with van der Waals surface area (Å²) in [6.45, 7) is 11.0. The van der Waals surface area contributed by atoms with Crippen LogP contribution in [-0.2, 0) is 28.6 Å². The molecule has 0 atom stereocenters. The zero-order valence-electron chi connectivity index (χ0n) is 24.6. The largest absolute Gasteiger partial charge is 0.462 e. The maximum absolute atomic E-state index is 12.4. The number of rotatable bonds is 29. The monoisotopic (exact) mass is 548 g/mol. The van der Waals surface area contributed by atoms with Gasteiger partial charge in [-0.05, 0) is 57.8 Å². The van der Waals surface area contributed by atoms with Crippen LogP contribution in [0.5, 0.6) is 0 Å². The predicted molar refractivity (Wildman–Crippen MR) is 159 cm³/mol. The molecular weight excluding hydrogens is 492 g/mol. The highest BCUT2D eigenvalue weighted by Gasteiger charge is 2.19. The number of carbonyl (C=O) groups is 3. The number of ether oxygens (including phenoxy) is 3. The minimum atomic E-state index is -0.782. The van der Waals surface area contributed by atoms with E-state index in [2.05, 4.69) is 19.7 Å². The quantitative estimate of drug-likeness (QED) is 0.0402. The first-order valence-electron chi connectivity index (χ1n) is 15.4. The highest BCUT2D eigenvalue weighted by Crippen LogP contribution is 2.12. The van der Waals surface area contributed by atoms with Gasteiger partial charge in [0, 0.05) is 19.3 Å². The number of esters is 3. The molecule has 0 rings (SSSR count). The lowest BCUT2D eigenvalue weighted by Crippen LogP contribution is -2.30. The third-order valence-corrected chi connectivity index (χ3v) is 6.53. The standard InChI is InChI=1S/C33H56O6/c1-4-7-10-13-16-19-22-25-31(34)37-28-30(39-33(36)27-24-21-18-15-12-9-6-3)29-38-32(35)26-23-20-17-14-11-8-5-2/h4-6,30H,1-3,7-29H2. The van der Waals surface area contributed by atoms with Crippen LogP contribution in [0.15, 0.2) is 38.0 Å². The Labute approximate surface area is 238 Å². The Hall–Kier alpha value is -2.37. The molecule has 0 aromatic carbocycles. The molecule has 0 aliphatic carbocycles. The summed E-state index contributed by atoms with van der Waals surface area (Å²) < 4.78 is 16.3. The van der Waals surface area contributed by atoms with Gasteiger partial charge in [0.25, 0.3) is 0 Å². The maximum atomic E-state index is 12.4. The zero-order valence-corrected chi connectivity index (χ0v) is 24.6. The Kier molecular flexibility index (Phi) is 26.9. The first kappa shape index (κ1) is 36.6.